The molecule has 0 bridgehead atoms. The SMILES string of the molecule is CCOC(=O)C[C@@H](NC(=O)c1c(C)cccc1[N+](=O)[O-])c1ccc(C)cc1. The third kappa shape index (κ3) is 5.13. The van der Waals surface area contributed by atoms with Crippen LogP contribution in [0.25, 0.3) is 0 Å². The Bertz CT molecular complexity index is 846. The van der Waals surface area contributed by atoms with Crippen LogP contribution in [0.1, 0.15) is 46.4 Å². The molecule has 1 N–H and O–H groups in total. The summed E-state index contributed by atoms with van der Waals surface area (Å²) in [6, 6.07) is 11.2. The van der Waals surface area contributed by atoms with Gasteiger partial charge in [0.15, 0.2) is 0 Å². The largest absolute Gasteiger partial charge is 0.466 e. The summed E-state index contributed by atoms with van der Waals surface area (Å²) in [5.74, 6) is -1.06. The molecule has 27 heavy (non-hydrogen) atoms. The quantitative estimate of drug-likeness (QED) is 0.456. The van der Waals surface area contributed by atoms with Crippen LogP contribution in [0.4, 0.5) is 5.69 Å². The highest BCUT2D eigenvalue weighted by molar-refractivity contribution is 6.00. The van der Waals surface area contributed by atoms with E-state index in [0.717, 1.165) is 11.1 Å². The van der Waals surface area contributed by atoms with Crippen LogP contribution in [0.3, 0.4) is 0 Å². The molecule has 0 aromatic heterocycles. The van der Waals surface area contributed by atoms with Crippen molar-refractivity contribution in [3.05, 3.63) is 74.8 Å². The summed E-state index contributed by atoms with van der Waals surface area (Å²) in [6.07, 6.45) is -0.0671. The molecule has 0 radical (unpaired) electrons. The number of carbonyl (C=O) groups excluding carboxylic acids is 2. The van der Waals surface area contributed by atoms with Crippen molar-refractivity contribution < 1.29 is 19.2 Å². The minimum absolute atomic E-state index is 0.0107. The lowest BCUT2D eigenvalue weighted by molar-refractivity contribution is -0.385. The molecule has 1 amide bonds. The number of hydrogen-bond acceptors (Lipinski definition) is 5. The van der Waals surface area contributed by atoms with Gasteiger partial charge in [-0.25, -0.2) is 0 Å². The molecular weight excluding hydrogens is 348 g/mol. The molecule has 0 spiro atoms. The van der Waals surface area contributed by atoms with E-state index in [1.165, 1.54) is 12.1 Å². The van der Waals surface area contributed by atoms with Gasteiger partial charge in [0.2, 0.25) is 0 Å². The minimum atomic E-state index is -0.656. The predicted octanol–water partition coefficient (Wildman–Crippen LogP) is 3.64. The second kappa shape index (κ2) is 8.93. The van der Waals surface area contributed by atoms with Crippen molar-refractivity contribution in [2.24, 2.45) is 0 Å². The maximum atomic E-state index is 12.8. The number of nitro benzene ring substituents is 1. The van der Waals surface area contributed by atoms with Crippen molar-refractivity contribution in [1.82, 2.24) is 5.32 Å². The van der Waals surface area contributed by atoms with Gasteiger partial charge in [-0.2, -0.15) is 0 Å². The molecule has 7 heteroatoms. The zero-order chi connectivity index (χ0) is 20.0. The first kappa shape index (κ1) is 20.1. The van der Waals surface area contributed by atoms with Crippen LogP contribution in [0, 0.1) is 24.0 Å². The second-order valence-corrected chi connectivity index (χ2v) is 6.17. The molecule has 142 valence electrons. The Labute approximate surface area is 157 Å². The van der Waals surface area contributed by atoms with E-state index in [9.17, 15) is 19.7 Å². The van der Waals surface area contributed by atoms with E-state index in [1.54, 1.807) is 19.9 Å². The smallest absolute Gasteiger partial charge is 0.308 e. The van der Waals surface area contributed by atoms with Crippen molar-refractivity contribution >= 4 is 17.6 Å². The second-order valence-electron chi connectivity index (χ2n) is 6.17. The van der Waals surface area contributed by atoms with E-state index in [1.807, 2.05) is 31.2 Å². The van der Waals surface area contributed by atoms with Crippen molar-refractivity contribution in [3.63, 3.8) is 0 Å². The molecule has 2 aromatic carbocycles. The molecule has 7 nitrogen and oxygen atoms in total. The number of nitro groups is 1. The van der Waals surface area contributed by atoms with Crippen molar-refractivity contribution in [3.8, 4) is 0 Å². The summed E-state index contributed by atoms with van der Waals surface area (Å²) < 4.78 is 4.99. The lowest BCUT2D eigenvalue weighted by Gasteiger charge is -2.19. The van der Waals surface area contributed by atoms with Crippen molar-refractivity contribution in [2.75, 3.05) is 6.61 Å². The molecule has 0 unspecified atom stereocenters. The zero-order valence-corrected chi connectivity index (χ0v) is 15.5. The van der Waals surface area contributed by atoms with E-state index in [2.05, 4.69) is 5.32 Å². The molecule has 0 aliphatic rings. The van der Waals surface area contributed by atoms with Crippen LogP contribution in [-0.2, 0) is 9.53 Å². The number of benzene rings is 2. The highest BCUT2D eigenvalue weighted by Crippen LogP contribution is 2.24. The fraction of sp³-hybridized carbons (Fsp3) is 0.300. The molecule has 0 fully saturated rings. The molecule has 2 aromatic rings. The fourth-order valence-electron chi connectivity index (χ4n) is 2.77. The number of esters is 1. The lowest BCUT2D eigenvalue weighted by atomic mass is 10.0. The van der Waals surface area contributed by atoms with Crippen molar-refractivity contribution in [1.29, 1.82) is 0 Å². The summed E-state index contributed by atoms with van der Waals surface area (Å²) >= 11 is 0. The highest BCUT2D eigenvalue weighted by atomic mass is 16.6. The van der Waals surface area contributed by atoms with Gasteiger partial charge in [-0.3, -0.25) is 19.7 Å². The van der Waals surface area contributed by atoms with E-state index in [4.69, 9.17) is 4.74 Å². The maximum absolute atomic E-state index is 12.8. The third-order valence-corrected chi connectivity index (χ3v) is 4.14. The number of ether oxygens (including phenoxy) is 1. The Morgan fingerprint density at radius 3 is 2.41 bits per heavy atom. The first-order valence-electron chi connectivity index (χ1n) is 8.60. The summed E-state index contributed by atoms with van der Waals surface area (Å²) in [5.41, 5.74) is 1.96. The molecule has 1 atom stereocenters. The van der Waals surface area contributed by atoms with Crippen LogP contribution in [0.15, 0.2) is 42.5 Å². The summed E-state index contributed by atoms with van der Waals surface area (Å²) in [7, 11) is 0. The minimum Gasteiger partial charge on any atom is -0.466 e. The Kier molecular flexibility index (Phi) is 6.65. The maximum Gasteiger partial charge on any atom is 0.308 e. The van der Waals surface area contributed by atoms with Crippen LogP contribution in [-0.4, -0.2) is 23.4 Å². The number of rotatable bonds is 7. The third-order valence-electron chi connectivity index (χ3n) is 4.14. The predicted molar refractivity (Wildman–Crippen MR) is 100 cm³/mol. The first-order valence-corrected chi connectivity index (χ1v) is 8.60. The van der Waals surface area contributed by atoms with Gasteiger partial charge in [0, 0.05) is 6.07 Å². The Balaban J connectivity index is 2.35. The number of amides is 1. The summed E-state index contributed by atoms with van der Waals surface area (Å²) in [5, 5.41) is 14.0. The summed E-state index contributed by atoms with van der Waals surface area (Å²) in [6.45, 7) is 5.50. The number of carbonyl (C=O) groups is 2. The van der Waals surface area contributed by atoms with Gasteiger partial charge in [-0.1, -0.05) is 42.0 Å². The normalized spacial score (nSPS) is 11.5. The van der Waals surface area contributed by atoms with Crippen LogP contribution in [0.2, 0.25) is 0 Å². The van der Waals surface area contributed by atoms with Gasteiger partial charge in [0.1, 0.15) is 5.56 Å². The van der Waals surface area contributed by atoms with E-state index in [0.29, 0.717) is 5.56 Å². The van der Waals surface area contributed by atoms with Gasteiger partial charge in [0.05, 0.1) is 24.0 Å². The number of aryl methyl sites for hydroxylation is 2. The topological polar surface area (TPSA) is 98.5 Å². The van der Waals surface area contributed by atoms with Crippen LogP contribution in [0.5, 0.6) is 0 Å². The van der Waals surface area contributed by atoms with Gasteiger partial charge < -0.3 is 10.1 Å². The molecule has 0 heterocycles. The zero-order valence-electron chi connectivity index (χ0n) is 15.5. The molecule has 0 aliphatic heterocycles. The van der Waals surface area contributed by atoms with Crippen LogP contribution >= 0.6 is 0 Å². The van der Waals surface area contributed by atoms with E-state index >= 15 is 0 Å². The van der Waals surface area contributed by atoms with Gasteiger partial charge in [-0.05, 0) is 31.9 Å². The van der Waals surface area contributed by atoms with E-state index in [-0.39, 0.29) is 24.3 Å². The summed E-state index contributed by atoms with van der Waals surface area (Å²) in [4.78, 5) is 35.5. The Morgan fingerprint density at radius 2 is 1.81 bits per heavy atom. The number of nitrogens with zero attached hydrogens (tertiary/aromatic N) is 1. The average molecular weight is 370 g/mol. The lowest BCUT2D eigenvalue weighted by Crippen LogP contribution is -2.31. The molecule has 0 saturated heterocycles. The van der Waals surface area contributed by atoms with Gasteiger partial charge >= 0.3 is 5.97 Å². The molecule has 2 rings (SSSR count). The Morgan fingerprint density at radius 1 is 1.15 bits per heavy atom. The number of hydrogen-bond donors (Lipinski definition) is 1. The average Bonchev–Trinajstić information content (AvgIpc) is 2.61. The van der Waals surface area contributed by atoms with Gasteiger partial charge in [-0.15, -0.1) is 0 Å². The fourth-order valence-corrected chi connectivity index (χ4v) is 2.77. The van der Waals surface area contributed by atoms with Crippen molar-refractivity contribution in [2.45, 2.75) is 33.2 Å². The van der Waals surface area contributed by atoms with E-state index < -0.39 is 22.8 Å². The standard InChI is InChI=1S/C20H22N2O5/c1-4-27-18(23)12-16(15-10-8-13(2)9-11-15)21-20(24)19-14(3)6-5-7-17(19)22(25)26/h5-11,16H,4,12H2,1-3H3,(H,21,24)/t16-/m1/s1. The first-order chi connectivity index (χ1) is 12.8. The highest BCUT2D eigenvalue weighted by Gasteiger charge is 2.26. The van der Waals surface area contributed by atoms with Gasteiger partial charge in [0.25, 0.3) is 11.6 Å². The number of nitrogens with one attached hydrogen (secondary N) is 1. The molecule has 0 aliphatic carbocycles. The molecule has 0 saturated carbocycles. The monoisotopic (exact) mass is 370 g/mol. The Hall–Kier alpha value is -3.22. The van der Waals surface area contributed by atoms with Crippen LogP contribution < -0.4 is 5.32 Å². The molecular formula is C20H22N2O5.